The number of carbonyl (C=O) groups is 1. The Kier molecular flexibility index (Phi) is 7.70. The van der Waals surface area contributed by atoms with Gasteiger partial charge in [0.15, 0.2) is 0 Å². The van der Waals surface area contributed by atoms with Crippen LogP contribution in [0, 0.1) is 0 Å². The molecule has 0 aromatic heterocycles. The van der Waals surface area contributed by atoms with E-state index in [1.807, 2.05) is 30.3 Å². The highest BCUT2D eigenvalue weighted by molar-refractivity contribution is 7.87. The summed E-state index contributed by atoms with van der Waals surface area (Å²) in [7, 11) is -2.91. The molecule has 2 aromatic rings. The molecule has 0 heterocycles. The summed E-state index contributed by atoms with van der Waals surface area (Å²) in [5, 5.41) is 22.9. The van der Waals surface area contributed by atoms with Crippen LogP contribution in [0.25, 0.3) is 0 Å². The summed E-state index contributed by atoms with van der Waals surface area (Å²) in [6.07, 6.45) is 3.39. The maximum atomic E-state index is 12.2. The standard InChI is InChI=1S/C19H23NO5S2/c1-26(24)15-11-10-14(18(23)19(15)27(2)25)17(13-7-4-3-5-8-13)20-12-6-9-16(21)22/h3-5,7-8,10-11,17,20,23H,6,9,12H2,1-2H3,(H,21,22). The van der Waals surface area contributed by atoms with Gasteiger partial charge in [-0.25, -0.2) is 0 Å². The van der Waals surface area contributed by atoms with Crippen molar-refractivity contribution in [1.29, 1.82) is 0 Å². The molecule has 0 saturated carbocycles. The van der Waals surface area contributed by atoms with Gasteiger partial charge in [0.1, 0.15) is 5.75 Å². The Morgan fingerprint density at radius 3 is 2.30 bits per heavy atom. The normalized spacial score (nSPS) is 14.4. The molecule has 0 radical (unpaired) electrons. The van der Waals surface area contributed by atoms with Crippen molar-refractivity contribution in [3.05, 3.63) is 53.6 Å². The summed E-state index contributed by atoms with van der Waals surface area (Å²) in [5.41, 5.74) is 1.39. The summed E-state index contributed by atoms with van der Waals surface area (Å²) in [6, 6.07) is 12.3. The number of aromatic hydroxyl groups is 1. The van der Waals surface area contributed by atoms with Gasteiger partial charge < -0.3 is 15.5 Å². The average Bonchev–Trinajstić information content (AvgIpc) is 2.62. The second kappa shape index (κ2) is 9.77. The number of hydrogen-bond donors (Lipinski definition) is 3. The Hall–Kier alpha value is -2.03. The molecule has 8 heteroatoms. The van der Waals surface area contributed by atoms with Gasteiger partial charge in [-0.15, -0.1) is 0 Å². The van der Waals surface area contributed by atoms with Gasteiger partial charge in [0.05, 0.1) is 37.4 Å². The van der Waals surface area contributed by atoms with Crippen molar-refractivity contribution in [3.63, 3.8) is 0 Å². The number of carboxylic acid groups (broad SMARTS) is 1. The van der Waals surface area contributed by atoms with Crippen LogP contribution in [-0.4, -0.2) is 43.7 Å². The van der Waals surface area contributed by atoms with E-state index < -0.39 is 33.6 Å². The Labute approximate surface area is 163 Å². The number of nitrogens with one attached hydrogen (secondary N) is 1. The number of phenols is 1. The summed E-state index contributed by atoms with van der Waals surface area (Å²) in [5.74, 6) is -1.02. The third kappa shape index (κ3) is 5.47. The summed E-state index contributed by atoms with van der Waals surface area (Å²) < 4.78 is 24.1. The van der Waals surface area contributed by atoms with E-state index in [2.05, 4.69) is 5.32 Å². The molecule has 0 spiro atoms. The zero-order valence-corrected chi connectivity index (χ0v) is 16.8. The van der Waals surface area contributed by atoms with Gasteiger partial charge in [-0.2, -0.15) is 0 Å². The molecule has 0 bridgehead atoms. The van der Waals surface area contributed by atoms with Crippen LogP contribution in [0.1, 0.15) is 30.0 Å². The molecule has 0 aliphatic heterocycles. The minimum absolute atomic E-state index is 0.0402. The Balaban J connectivity index is 2.46. The average molecular weight is 410 g/mol. The van der Waals surface area contributed by atoms with Crippen LogP contribution in [0.3, 0.4) is 0 Å². The molecule has 0 aliphatic rings. The summed E-state index contributed by atoms with van der Waals surface area (Å²) in [6.45, 7) is 0.428. The van der Waals surface area contributed by atoms with Crippen molar-refractivity contribution in [2.24, 2.45) is 0 Å². The SMILES string of the molecule is CS(=O)c1ccc(C(NCCCC(=O)O)c2ccccc2)c(O)c1S(C)=O. The summed E-state index contributed by atoms with van der Waals surface area (Å²) in [4.78, 5) is 11.2. The lowest BCUT2D eigenvalue weighted by Gasteiger charge is -2.22. The number of aliphatic carboxylic acids is 1. The lowest BCUT2D eigenvalue weighted by Crippen LogP contribution is -2.24. The highest BCUT2D eigenvalue weighted by Crippen LogP contribution is 2.36. The van der Waals surface area contributed by atoms with Gasteiger partial charge in [0.2, 0.25) is 0 Å². The number of rotatable bonds is 9. The molecule has 0 saturated heterocycles. The second-order valence-electron chi connectivity index (χ2n) is 6.03. The molecule has 0 aliphatic carbocycles. The van der Waals surface area contributed by atoms with Crippen LogP contribution in [0.5, 0.6) is 5.75 Å². The number of hydrogen-bond acceptors (Lipinski definition) is 5. The molecule has 6 nitrogen and oxygen atoms in total. The monoisotopic (exact) mass is 409 g/mol. The fourth-order valence-corrected chi connectivity index (χ4v) is 4.91. The van der Waals surface area contributed by atoms with Crippen molar-refractivity contribution in [1.82, 2.24) is 5.32 Å². The first kappa shape index (κ1) is 21.3. The van der Waals surface area contributed by atoms with Crippen molar-refractivity contribution < 1.29 is 23.4 Å². The maximum Gasteiger partial charge on any atom is 0.303 e. The molecule has 2 aromatic carbocycles. The second-order valence-corrected chi connectivity index (χ2v) is 8.70. The lowest BCUT2D eigenvalue weighted by atomic mass is 9.97. The Morgan fingerprint density at radius 1 is 1.07 bits per heavy atom. The van der Waals surface area contributed by atoms with E-state index >= 15 is 0 Å². The molecule has 0 fully saturated rings. The minimum Gasteiger partial charge on any atom is -0.506 e. The van der Waals surface area contributed by atoms with E-state index in [1.165, 1.54) is 12.5 Å². The molecule has 146 valence electrons. The van der Waals surface area contributed by atoms with E-state index in [4.69, 9.17) is 5.11 Å². The highest BCUT2D eigenvalue weighted by atomic mass is 32.2. The predicted molar refractivity (Wildman–Crippen MR) is 106 cm³/mol. The van der Waals surface area contributed by atoms with Gasteiger partial charge in [0.25, 0.3) is 0 Å². The predicted octanol–water partition coefficient (Wildman–Crippen LogP) is 2.41. The Bertz CT molecular complexity index is 855. The molecule has 27 heavy (non-hydrogen) atoms. The molecule has 3 atom stereocenters. The van der Waals surface area contributed by atoms with Crippen molar-refractivity contribution in [3.8, 4) is 5.75 Å². The quantitative estimate of drug-likeness (QED) is 0.550. The lowest BCUT2D eigenvalue weighted by molar-refractivity contribution is -0.137. The molecular weight excluding hydrogens is 386 g/mol. The molecule has 2 rings (SSSR count). The van der Waals surface area contributed by atoms with E-state index in [0.29, 0.717) is 23.4 Å². The molecule has 0 amide bonds. The van der Waals surface area contributed by atoms with Crippen LogP contribution in [0.2, 0.25) is 0 Å². The van der Waals surface area contributed by atoms with Gasteiger partial charge >= 0.3 is 5.97 Å². The fourth-order valence-electron chi connectivity index (χ4n) is 2.84. The number of phenolic OH excluding ortho intramolecular Hbond substituents is 1. The van der Waals surface area contributed by atoms with Crippen molar-refractivity contribution in [2.75, 3.05) is 19.1 Å². The highest BCUT2D eigenvalue weighted by Gasteiger charge is 2.24. The molecule has 3 N–H and O–H groups in total. The van der Waals surface area contributed by atoms with Crippen LogP contribution in [-0.2, 0) is 26.4 Å². The van der Waals surface area contributed by atoms with Crippen LogP contribution < -0.4 is 5.32 Å². The third-order valence-corrected chi connectivity index (χ3v) is 6.16. The zero-order chi connectivity index (χ0) is 20.0. The topological polar surface area (TPSA) is 104 Å². The van der Waals surface area contributed by atoms with Crippen molar-refractivity contribution in [2.45, 2.75) is 28.7 Å². The first-order chi connectivity index (χ1) is 12.8. The molecule has 3 unspecified atom stereocenters. The van der Waals surface area contributed by atoms with Gasteiger partial charge in [0, 0.05) is 24.5 Å². The number of carboxylic acids is 1. The van der Waals surface area contributed by atoms with E-state index in [-0.39, 0.29) is 17.1 Å². The van der Waals surface area contributed by atoms with E-state index in [1.54, 1.807) is 12.1 Å². The summed E-state index contributed by atoms with van der Waals surface area (Å²) >= 11 is 0. The maximum absolute atomic E-state index is 12.2. The van der Waals surface area contributed by atoms with Gasteiger partial charge in [-0.3, -0.25) is 13.2 Å². The first-order valence-electron chi connectivity index (χ1n) is 8.35. The largest absolute Gasteiger partial charge is 0.506 e. The zero-order valence-electron chi connectivity index (χ0n) is 15.2. The van der Waals surface area contributed by atoms with Crippen LogP contribution >= 0.6 is 0 Å². The van der Waals surface area contributed by atoms with Crippen LogP contribution in [0.15, 0.2) is 52.3 Å². The van der Waals surface area contributed by atoms with Crippen LogP contribution in [0.4, 0.5) is 0 Å². The van der Waals surface area contributed by atoms with E-state index in [9.17, 15) is 18.3 Å². The van der Waals surface area contributed by atoms with Gasteiger partial charge in [-0.1, -0.05) is 36.4 Å². The number of benzene rings is 2. The first-order valence-corrected chi connectivity index (χ1v) is 11.5. The smallest absolute Gasteiger partial charge is 0.303 e. The Morgan fingerprint density at radius 2 is 1.74 bits per heavy atom. The van der Waals surface area contributed by atoms with Crippen molar-refractivity contribution >= 4 is 27.6 Å². The van der Waals surface area contributed by atoms with Gasteiger partial charge in [-0.05, 0) is 24.6 Å². The fraction of sp³-hybridized carbons (Fsp3) is 0.316. The van der Waals surface area contributed by atoms with E-state index in [0.717, 1.165) is 5.56 Å². The third-order valence-electron chi connectivity index (χ3n) is 4.08. The molecular formula is C19H23NO5S2. The minimum atomic E-state index is -1.52.